The van der Waals surface area contributed by atoms with Crippen LogP contribution in [0, 0.1) is 13.8 Å². The predicted molar refractivity (Wildman–Crippen MR) is 90.1 cm³/mol. The molecule has 0 amide bonds. The molecule has 0 spiro atoms. The SMILES string of the molecule is Cc1cc(=O)c2c(o1)SCC=C2COc1ccc(Cl)cc1C. The number of ether oxygens (including phenoxy) is 1. The maximum atomic E-state index is 12.2. The number of halogens is 1. The lowest BCUT2D eigenvalue weighted by Gasteiger charge is -2.17. The van der Waals surface area contributed by atoms with E-state index < -0.39 is 0 Å². The first-order valence-corrected chi connectivity index (χ1v) is 8.27. The Balaban J connectivity index is 1.85. The van der Waals surface area contributed by atoms with Gasteiger partial charge in [0, 0.05) is 22.4 Å². The van der Waals surface area contributed by atoms with Gasteiger partial charge in [-0.25, -0.2) is 0 Å². The van der Waals surface area contributed by atoms with Crippen LogP contribution in [0.3, 0.4) is 0 Å². The molecule has 0 atom stereocenters. The van der Waals surface area contributed by atoms with Crippen molar-refractivity contribution in [1.29, 1.82) is 0 Å². The van der Waals surface area contributed by atoms with Crippen molar-refractivity contribution in [3.05, 3.63) is 62.5 Å². The van der Waals surface area contributed by atoms with Gasteiger partial charge in [-0.2, -0.15) is 0 Å². The molecule has 2 aromatic rings. The summed E-state index contributed by atoms with van der Waals surface area (Å²) >= 11 is 7.48. The average molecular weight is 335 g/mol. The second kappa shape index (κ2) is 6.23. The summed E-state index contributed by atoms with van der Waals surface area (Å²) in [5.74, 6) is 2.17. The van der Waals surface area contributed by atoms with Crippen LogP contribution in [0.15, 0.2) is 44.6 Å². The number of aryl methyl sites for hydroxylation is 2. The molecule has 3 rings (SSSR count). The molecule has 0 N–H and O–H groups in total. The Morgan fingerprint density at radius 1 is 1.32 bits per heavy atom. The van der Waals surface area contributed by atoms with E-state index in [9.17, 15) is 4.79 Å². The van der Waals surface area contributed by atoms with Crippen LogP contribution in [0.1, 0.15) is 16.9 Å². The summed E-state index contributed by atoms with van der Waals surface area (Å²) in [7, 11) is 0. The van der Waals surface area contributed by atoms with Crippen LogP contribution in [-0.2, 0) is 0 Å². The predicted octanol–water partition coefficient (Wildman–Crippen LogP) is 4.48. The van der Waals surface area contributed by atoms with E-state index in [1.807, 2.05) is 25.1 Å². The zero-order valence-electron chi connectivity index (χ0n) is 12.3. The number of hydrogen-bond donors (Lipinski definition) is 0. The minimum Gasteiger partial charge on any atom is -0.489 e. The Hall–Kier alpha value is -1.65. The second-order valence-electron chi connectivity index (χ2n) is 5.12. The van der Waals surface area contributed by atoms with Crippen LogP contribution in [0.5, 0.6) is 5.75 Å². The molecule has 0 unspecified atom stereocenters. The lowest BCUT2D eigenvalue weighted by molar-refractivity contribution is 0.363. The van der Waals surface area contributed by atoms with Gasteiger partial charge >= 0.3 is 0 Å². The number of benzene rings is 1. The van der Waals surface area contributed by atoms with Gasteiger partial charge in [0.2, 0.25) is 0 Å². The number of hydrogen-bond acceptors (Lipinski definition) is 4. The third kappa shape index (κ3) is 3.08. The minimum absolute atomic E-state index is 0.0198. The van der Waals surface area contributed by atoms with Crippen LogP contribution in [0.4, 0.5) is 0 Å². The van der Waals surface area contributed by atoms with Crippen LogP contribution in [0.2, 0.25) is 5.02 Å². The molecule has 0 fully saturated rings. The molecule has 1 aromatic carbocycles. The van der Waals surface area contributed by atoms with Gasteiger partial charge in [0.1, 0.15) is 18.1 Å². The second-order valence-corrected chi connectivity index (χ2v) is 6.55. The first kappa shape index (κ1) is 15.3. The molecule has 0 saturated heterocycles. The van der Waals surface area contributed by atoms with Crippen molar-refractivity contribution in [2.75, 3.05) is 12.4 Å². The summed E-state index contributed by atoms with van der Waals surface area (Å²) in [4.78, 5) is 12.2. The third-order valence-electron chi connectivity index (χ3n) is 3.42. The van der Waals surface area contributed by atoms with E-state index in [1.165, 1.54) is 17.8 Å². The molecule has 114 valence electrons. The summed E-state index contributed by atoms with van der Waals surface area (Å²) in [6.45, 7) is 4.07. The lowest BCUT2D eigenvalue weighted by atomic mass is 10.1. The number of fused-ring (bicyclic) bond motifs is 1. The third-order valence-corrected chi connectivity index (χ3v) is 4.54. The molecule has 2 heterocycles. The van der Waals surface area contributed by atoms with Crippen molar-refractivity contribution in [2.45, 2.75) is 18.9 Å². The van der Waals surface area contributed by atoms with Crippen LogP contribution in [-0.4, -0.2) is 12.4 Å². The molecule has 1 aromatic heterocycles. The minimum atomic E-state index is -0.0198. The van der Waals surface area contributed by atoms with E-state index in [0.29, 0.717) is 28.0 Å². The smallest absolute Gasteiger partial charge is 0.193 e. The van der Waals surface area contributed by atoms with Gasteiger partial charge in [0.05, 0.1) is 5.56 Å². The van der Waals surface area contributed by atoms with E-state index in [2.05, 4.69) is 0 Å². The van der Waals surface area contributed by atoms with Gasteiger partial charge in [-0.05, 0) is 37.6 Å². The van der Waals surface area contributed by atoms with E-state index >= 15 is 0 Å². The first-order chi connectivity index (χ1) is 10.5. The van der Waals surface area contributed by atoms with E-state index in [1.54, 1.807) is 13.0 Å². The van der Waals surface area contributed by atoms with Crippen LogP contribution >= 0.6 is 23.4 Å². The number of thioether (sulfide) groups is 1. The van der Waals surface area contributed by atoms with Gasteiger partial charge in [-0.3, -0.25) is 4.79 Å². The molecule has 5 heteroatoms. The van der Waals surface area contributed by atoms with E-state index in [-0.39, 0.29) is 5.43 Å². The molecular formula is C17H15ClO3S. The Labute approximate surface area is 137 Å². The standard InChI is InChI=1S/C17H15ClO3S/c1-10-7-13(18)3-4-15(10)20-9-12-5-6-22-17-16(12)14(19)8-11(2)21-17/h3-5,7-8H,6,9H2,1-2H3. The van der Waals surface area contributed by atoms with Gasteiger partial charge in [0.25, 0.3) is 0 Å². The fourth-order valence-electron chi connectivity index (χ4n) is 2.36. The molecule has 22 heavy (non-hydrogen) atoms. The summed E-state index contributed by atoms with van der Waals surface area (Å²) < 4.78 is 11.5. The van der Waals surface area contributed by atoms with Crippen molar-refractivity contribution in [3.63, 3.8) is 0 Å². The maximum Gasteiger partial charge on any atom is 0.193 e. The quantitative estimate of drug-likeness (QED) is 0.829. The van der Waals surface area contributed by atoms with Crippen molar-refractivity contribution >= 4 is 28.9 Å². The Bertz CT molecular complexity index is 808. The van der Waals surface area contributed by atoms with Gasteiger partial charge in [0.15, 0.2) is 10.5 Å². The lowest BCUT2D eigenvalue weighted by Crippen LogP contribution is -2.15. The highest BCUT2D eigenvalue weighted by Crippen LogP contribution is 2.32. The Kier molecular flexibility index (Phi) is 4.32. The first-order valence-electron chi connectivity index (χ1n) is 6.90. The highest BCUT2D eigenvalue weighted by Gasteiger charge is 2.20. The Morgan fingerprint density at radius 3 is 2.91 bits per heavy atom. The van der Waals surface area contributed by atoms with E-state index in [4.69, 9.17) is 20.8 Å². The largest absolute Gasteiger partial charge is 0.489 e. The van der Waals surface area contributed by atoms with Crippen LogP contribution < -0.4 is 10.2 Å². The van der Waals surface area contributed by atoms with E-state index in [0.717, 1.165) is 22.6 Å². The summed E-state index contributed by atoms with van der Waals surface area (Å²) in [5, 5.41) is 1.36. The maximum absolute atomic E-state index is 12.2. The highest BCUT2D eigenvalue weighted by molar-refractivity contribution is 7.99. The molecule has 0 aliphatic carbocycles. The highest BCUT2D eigenvalue weighted by atomic mass is 35.5. The molecule has 1 aliphatic heterocycles. The van der Waals surface area contributed by atoms with Crippen molar-refractivity contribution in [1.82, 2.24) is 0 Å². The van der Waals surface area contributed by atoms with Gasteiger partial charge < -0.3 is 9.15 Å². The molecule has 1 aliphatic rings. The van der Waals surface area contributed by atoms with Crippen molar-refractivity contribution in [3.8, 4) is 5.75 Å². The summed E-state index contributed by atoms with van der Waals surface area (Å²) in [6.07, 6.45) is 2.02. The normalized spacial score (nSPS) is 13.5. The average Bonchev–Trinajstić information content (AvgIpc) is 2.45. The van der Waals surface area contributed by atoms with Crippen molar-refractivity contribution < 1.29 is 9.15 Å². The number of rotatable bonds is 3. The zero-order valence-corrected chi connectivity index (χ0v) is 13.9. The summed E-state index contributed by atoms with van der Waals surface area (Å²) in [5.41, 5.74) is 2.44. The van der Waals surface area contributed by atoms with Gasteiger partial charge in [-0.15, -0.1) is 0 Å². The molecule has 0 bridgehead atoms. The van der Waals surface area contributed by atoms with Crippen LogP contribution in [0.25, 0.3) is 5.57 Å². The summed E-state index contributed by atoms with van der Waals surface area (Å²) in [6, 6.07) is 7.01. The van der Waals surface area contributed by atoms with Gasteiger partial charge in [-0.1, -0.05) is 29.4 Å². The molecule has 0 saturated carbocycles. The zero-order chi connectivity index (χ0) is 15.7. The monoisotopic (exact) mass is 334 g/mol. The topological polar surface area (TPSA) is 39.4 Å². The molecule has 0 radical (unpaired) electrons. The fraction of sp³-hybridized carbons (Fsp3) is 0.235. The molecular weight excluding hydrogens is 320 g/mol. The molecule has 3 nitrogen and oxygen atoms in total. The Morgan fingerprint density at radius 2 is 2.14 bits per heavy atom. The van der Waals surface area contributed by atoms with Crippen molar-refractivity contribution in [2.24, 2.45) is 0 Å². The fourth-order valence-corrected chi connectivity index (χ4v) is 3.59.